The Morgan fingerprint density at radius 1 is 1.33 bits per heavy atom. The molecule has 0 saturated carbocycles. The molecule has 2 heterocycles. The van der Waals surface area contributed by atoms with Gasteiger partial charge in [0.25, 0.3) is 5.91 Å². The van der Waals surface area contributed by atoms with E-state index in [2.05, 4.69) is 20.4 Å². The SMILES string of the molecule is Cc1noc(CCNC(=O)c2c(C)[nH]c(C(=O)O)c2C)n1. The number of nitrogens with one attached hydrogen (secondary N) is 2. The molecule has 2 aromatic rings. The Labute approximate surface area is 120 Å². The molecule has 0 saturated heterocycles. The number of rotatable bonds is 5. The van der Waals surface area contributed by atoms with Crippen LogP contribution in [0.2, 0.25) is 0 Å². The van der Waals surface area contributed by atoms with Crippen LogP contribution in [-0.2, 0) is 6.42 Å². The molecule has 21 heavy (non-hydrogen) atoms. The first-order chi connectivity index (χ1) is 9.90. The van der Waals surface area contributed by atoms with E-state index in [1.54, 1.807) is 20.8 Å². The summed E-state index contributed by atoms with van der Waals surface area (Å²) in [6, 6.07) is 0. The number of carbonyl (C=O) groups is 2. The normalized spacial score (nSPS) is 10.6. The van der Waals surface area contributed by atoms with Crippen molar-refractivity contribution in [2.75, 3.05) is 6.54 Å². The van der Waals surface area contributed by atoms with Gasteiger partial charge in [-0.2, -0.15) is 4.98 Å². The highest BCUT2D eigenvalue weighted by Gasteiger charge is 2.21. The highest BCUT2D eigenvalue weighted by Crippen LogP contribution is 2.17. The molecule has 3 N–H and O–H groups in total. The van der Waals surface area contributed by atoms with Crippen LogP contribution in [0.5, 0.6) is 0 Å². The third kappa shape index (κ3) is 3.10. The minimum absolute atomic E-state index is 0.0326. The summed E-state index contributed by atoms with van der Waals surface area (Å²) < 4.78 is 4.94. The molecule has 0 radical (unpaired) electrons. The number of aromatic amines is 1. The van der Waals surface area contributed by atoms with Crippen molar-refractivity contribution in [2.24, 2.45) is 0 Å². The zero-order valence-electron chi connectivity index (χ0n) is 12.0. The number of aromatic carboxylic acids is 1. The Morgan fingerprint density at radius 3 is 2.57 bits per heavy atom. The van der Waals surface area contributed by atoms with Crippen LogP contribution in [0.1, 0.15) is 43.8 Å². The van der Waals surface area contributed by atoms with E-state index in [1.807, 2.05) is 0 Å². The van der Waals surface area contributed by atoms with Gasteiger partial charge in [0.2, 0.25) is 5.89 Å². The average molecular weight is 292 g/mol. The number of nitrogens with zero attached hydrogens (tertiary/aromatic N) is 2. The van der Waals surface area contributed by atoms with Crippen LogP contribution in [0.15, 0.2) is 4.52 Å². The number of hydrogen-bond donors (Lipinski definition) is 3. The van der Waals surface area contributed by atoms with Gasteiger partial charge >= 0.3 is 5.97 Å². The van der Waals surface area contributed by atoms with E-state index >= 15 is 0 Å². The first-order valence-electron chi connectivity index (χ1n) is 6.40. The Morgan fingerprint density at radius 2 is 2.05 bits per heavy atom. The molecule has 0 spiro atoms. The molecule has 1 amide bonds. The van der Waals surface area contributed by atoms with Gasteiger partial charge in [0, 0.05) is 18.7 Å². The lowest BCUT2D eigenvalue weighted by molar-refractivity contribution is 0.0690. The zero-order chi connectivity index (χ0) is 15.6. The quantitative estimate of drug-likeness (QED) is 0.755. The molecule has 0 atom stereocenters. The average Bonchev–Trinajstić information content (AvgIpc) is 2.93. The van der Waals surface area contributed by atoms with Crippen molar-refractivity contribution < 1.29 is 19.2 Å². The Bertz CT molecular complexity index is 686. The lowest BCUT2D eigenvalue weighted by atomic mass is 10.1. The molecule has 8 nitrogen and oxygen atoms in total. The molecule has 112 valence electrons. The van der Waals surface area contributed by atoms with Gasteiger partial charge in [-0.25, -0.2) is 4.79 Å². The van der Waals surface area contributed by atoms with Crippen molar-refractivity contribution in [1.82, 2.24) is 20.4 Å². The summed E-state index contributed by atoms with van der Waals surface area (Å²) in [5.41, 5.74) is 1.33. The standard InChI is InChI=1S/C13H16N4O4/c1-6-10(7(2)15-11(6)13(19)20)12(18)14-5-4-9-16-8(3)17-21-9/h15H,4-5H2,1-3H3,(H,14,18)(H,19,20). The first-order valence-corrected chi connectivity index (χ1v) is 6.40. The van der Waals surface area contributed by atoms with E-state index in [9.17, 15) is 9.59 Å². The number of H-pyrrole nitrogens is 1. The van der Waals surface area contributed by atoms with Crippen LogP contribution in [-0.4, -0.2) is 38.7 Å². The largest absolute Gasteiger partial charge is 0.477 e. The van der Waals surface area contributed by atoms with Gasteiger partial charge in [-0.1, -0.05) is 5.16 Å². The van der Waals surface area contributed by atoms with Crippen molar-refractivity contribution in [1.29, 1.82) is 0 Å². The Balaban J connectivity index is 2.02. The van der Waals surface area contributed by atoms with E-state index in [0.29, 0.717) is 41.5 Å². The minimum atomic E-state index is -1.09. The third-order valence-corrected chi connectivity index (χ3v) is 3.07. The van der Waals surface area contributed by atoms with Crippen molar-refractivity contribution in [3.63, 3.8) is 0 Å². The first kappa shape index (κ1) is 14.8. The number of carboxylic acid groups (broad SMARTS) is 1. The summed E-state index contributed by atoms with van der Waals surface area (Å²) in [4.78, 5) is 29.9. The molecular weight excluding hydrogens is 276 g/mol. The molecule has 2 rings (SSSR count). The molecule has 2 aromatic heterocycles. The second-order valence-corrected chi connectivity index (χ2v) is 4.67. The molecule has 0 aliphatic heterocycles. The lowest BCUT2D eigenvalue weighted by Crippen LogP contribution is -2.26. The Hall–Kier alpha value is -2.64. The molecule has 0 aromatic carbocycles. The second-order valence-electron chi connectivity index (χ2n) is 4.67. The van der Waals surface area contributed by atoms with Crippen LogP contribution in [0.3, 0.4) is 0 Å². The van der Waals surface area contributed by atoms with E-state index < -0.39 is 5.97 Å². The topological polar surface area (TPSA) is 121 Å². The highest BCUT2D eigenvalue weighted by molar-refractivity contribution is 6.00. The van der Waals surface area contributed by atoms with Gasteiger partial charge in [-0.05, 0) is 26.3 Å². The fraction of sp³-hybridized carbons (Fsp3) is 0.385. The molecule has 0 bridgehead atoms. The van der Waals surface area contributed by atoms with Crippen LogP contribution in [0.25, 0.3) is 0 Å². The number of aromatic nitrogens is 3. The van der Waals surface area contributed by atoms with Crippen molar-refractivity contribution in [3.8, 4) is 0 Å². The van der Waals surface area contributed by atoms with E-state index in [-0.39, 0.29) is 11.6 Å². The fourth-order valence-corrected chi connectivity index (χ4v) is 2.12. The molecule has 0 aliphatic rings. The smallest absolute Gasteiger partial charge is 0.352 e. The van der Waals surface area contributed by atoms with Gasteiger partial charge < -0.3 is 19.9 Å². The fourth-order valence-electron chi connectivity index (χ4n) is 2.12. The number of hydrogen-bond acceptors (Lipinski definition) is 5. The summed E-state index contributed by atoms with van der Waals surface area (Å²) in [6.45, 7) is 5.30. The third-order valence-electron chi connectivity index (χ3n) is 3.07. The zero-order valence-corrected chi connectivity index (χ0v) is 12.0. The minimum Gasteiger partial charge on any atom is -0.477 e. The summed E-state index contributed by atoms with van der Waals surface area (Å²) in [6.07, 6.45) is 0.418. The van der Waals surface area contributed by atoms with Gasteiger partial charge in [0.15, 0.2) is 5.82 Å². The van der Waals surface area contributed by atoms with E-state index in [0.717, 1.165) is 0 Å². The predicted molar refractivity (Wildman–Crippen MR) is 72.3 cm³/mol. The molecule has 8 heteroatoms. The highest BCUT2D eigenvalue weighted by atomic mass is 16.5. The second kappa shape index (κ2) is 5.78. The van der Waals surface area contributed by atoms with Crippen molar-refractivity contribution >= 4 is 11.9 Å². The summed E-state index contributed by atoms with van der Waals surface area (Å²) >= 11 is 0. The number of carbonyl (C=O) groups excluding carboxylic acids is 1. The summed E-state index contributed by atoms with van der Waals surface area (Å²) in [7, 11) is 0. The molecule has 0 fully saturated rings. The maximum Gasteiger partial charge on any atom is 0.352 e. The van der Waals surface area contributed by atoms with Gasteiger partial charge in [-0.3, -0.25) is 4.79 Å². The van der Waals surface area contributed by atoms with Gasteiger partial charge in [0.1, 0.15) is 5.69 Å². The number of amides is 1. The number of aryl methyl sites for hydroxylation is 2. The van der Waals surface area contributed by atoms with Crippen LogP contribution < -0.4 is 5.32 Å². The van der Waals surface area contributed by atoms with Crippen molar-refractivity contribution in [3.05, 3.63) is 34.2 Å². The van der Waals surface area contributed by atoms with Gasteiger partial charge in [0.05, 0.1) is 5.56 Å². The van der Waals surface area contributed by atoms with Crippen molar-refractivity contribution in [2.45, 2.75) is 27.2 Å². The monoisotopic (exact) mass is 292 g/mol. The summed E-state index contributed by atoms with van der Waals surface area (Å²) in [5, 5.41) is 15.4. The van der Waals surface area contributed by atoms with Crippen LogP contribution in [0, 0.1) is 20.8 Å². The predicted octanol–water partition coefficient (Wildman–Crippen LogP) is 0.994. The molecule has 0 aliphatic carbocycles. The van der Waals surface area contributed by atoms with Crippen LogP contribution in [0.4, 0.5) is 0 Å². The molecular formula is C13H16N4O4. The Kier molecular flexibility index (Phi) is 4.06. The number of carboxylic acids is 1. The van der Waals surface area contributed by atoms with E-state index in [1.165, 1.54) is 0 Å². The summed E-state index contributed by atoms with van der Waals surface area (Å²) in [5.74, 6) is -0.428. The van der Waals surface area contributed by atoms with E-state index in [4.69, 9.17) is 9.63 Å². The maximum absolute atomic E-state index is 12.1. The molecule has 0 unspecified atom stereocenters. The maximum atomic E-state index is 12.1. The lowest BCUT2D eigenvalue weighted by Gasteiger charge is -2.04. The van der Waals surface area contributed by atoms with Gasteiger partial charge in [-0.15, -0.1) is 0 Å². The van der Waals surface area contributed by atoms with Crippen LogP contribution >= 0.6 is 0 Å².